The summed E-state index contributed by atoms with van der Waals surface area (Å²) < 4.78 is 0. The number of benzene rings is 2. The number of amides is 2. The van der Waals surface area contributed by atoms with Gasteiger partial charge < -0.3 is 15.1 Å². The SMILES string of the molecule is Cc1cc(-c2n[nH]c3cc4c(cc23)CN([C@@H]2CN(C)CC2c2ccccc2)C(=O)N4)cc(C)n1. The molecule has 0 bridgehead atoms. The number of hydrogen-bond donors (Lipinski definition) is 2. The number of nitrogens with zero attached hydrogens (tertiary/aromatic N) is 4. The van der Waals surface area contributed by atoms with Crippen LogP contribution >= 0.6 is 0 Å². The standard InChI is InChI=1S/C27H28N6O/c1-16-9-19(10-17(2)28-16)26-21-11-20-13-33(27(34)29-23(20)12-24(21)30-31-26)25-15-32(3)14-22(25)18-7-5-4-6-8-18/h4-12,22,25H,13-15H2,1-3H3,(H,29,34)(H,30,31)/t22?,25-/m1/s1. The molecule has 6 rings (SSSR count). The van der Waals surface area contributed by atoms with Crippen molar-refractivity contribution in [2.75, 3.05) is 25.5 Å². The van der Waals surface area contributed by atoms with E-state index < -0.39 is 0 Å². The fourth-order valence-corrected chi connectivity index (χ4v) is 5.58. The molecule has 7 heteroatoms. The predicted octanol–water partition coefficient (Wildman–Crippen LogP) is 4.69. The summed E-state index contributed by atoms with van der Waals surface area (Å²) >= 11 is 0. The third-order valence-corrected chi connectivity index (χ3v) is 7.08. The van der Waals surface area contributed by atoms with Crippen LogP contribution in [-0.2, 0) is 6.54 Å². The fraction of sp³-hybridized carbons (Fsp3) is 0.296. The van der Waals surface area contributed by atoms with Gasteiger partial charge in [0, 0.05) is 53.6 Å². The maximum atomic E-state index is 13.2. The number of aromatic nitrogens is 3. The second-order valence-electron chi connectivity index (χ2n) is 9.63. The first-order chi connectivity index (χ1) is 16.5. The zero-order chi connectivity index (χ0) is 23.4. The Morgan fingerprint density at radius 1 is 1.00 bits per heavy atom. The van der Waals surface area contributed by atoms with Crippen LogP contribution in [0.2, 0.25) is 0 Å². The summed E-state index contributed by atoms with van der Waals surface area (Å²) in [6.07, 6.45) is 0. The molecule has 0 radical (unpaired) electrons. The van der Waals surface area contributed by atoms with E-state index in [4.69, 9.17) is 0 Å². The molecule has 2 aliphatic heterocycles. The number of carbonyl (C=O) groups is 1. The zero-order valence-corrected chi connectivity index (χ0v) is 19.7. The normalized spacial score (nSPS) is 20.6. The van der Waals surface area contributed by atoms with Gasteiger partial charge in [-0.2, -0.15) is 5.10 Å². The summed E-state index contributed by atoms with van der Waals surface area (Å²) in [4.78, 5) is 22.1. The number of carbonyl (C=O) groups excluding carboxylic acids is 1. The number of nitrogens with one attached hydrogen (secondary N) is 2. The molecule has 2 aromatic carbocycles. The average molecular weight is 453 g/mol. The fourth-order valence-electron chi connectivity index (χ4n) is 5.58. The summed E-state index contributed by atoms with van der Waals surface area (Å²) in [7, 11) is 2.13. The number of likely N-dealkylation sites (tertiary alicyclic amines) is 1. The van der Waals surface area contributed by atoms with Crippen LogP contribution in [-0.4, -0.2) is 57.2 Å². The van der Waals surface area contributed by atoms with E-state index in [9.17, 15) is 4.79 Å². The first kappa shape index (κ1) is 20.9. The van der Waals surface area contributed by atoms with Crippen LogP contribution in [0.4, 0.5) is 10.5 Å². The van der Waals surface area contributed by atoms with E-state index in [1.54, 1.807) is 0 Å². The van der Waals surface area contributed by atoms with Gasteiger partial charge in [0.15, 0.2) is 0 Å². The van der Waals surface area contributed by atoms with Crippen molar-refractivity contribution in [3.8, 4) is 11.3 Å². The van der Waals surface area contributed by atoms with Crippen LogP contribution in [0.5, 0.6) is 0 Å². The van der Waals surface area contributed by atoms with Crippen LogP contribution in [0.1, 0.15) is 28.4 Å². The molecule has 2 atom stereocenters. The van der Waals surface area contributed by atoms with Crippen LogP contribution in [0.25, 0.3) is 22.2 Å². The molecule has 172 valence electrons. The summed E-state index contributed by atoms with van der Waals surface area (Å²) in [5, 5.41) is 12.0. The van der Waals surface area contributed by atoms with Gasteiger partial charge in [-0.3, -0.25) is 10.1 Å². The molecule has 0 saturated carbocycles. The van der Waals surface area contributed by atoms with Crippen molar-refractivity contribution in [1.82, 2.24) is 25.0 Å². The number of rotatable bonds is 3. The van der Waals surface area contributed by atoms with E-state index >= 15 is 0 Å². The maximum absolute atomic E-state index is 13.2. The van der Waals surface area contributed by atoms with Crippen LogP contribution in [0.3, 0.4) is 0 Å². The van der Waals surface area contributed by atoms with Crippen molar-refractivity contribution in [3.63, 3.8) is 0 Å². The number of hydrogen-bond acceptors (Lipinski definition) is 4. The Bertz CT molecular complexity index is 1380. The minimum absolute atomic E-state index is 0.0341. The highest BCUT2D eigenvalue weighted by atomic mass is 16.2. The number of aromatic amines is 1. The monoisotopic (exact) mass is 452 g/mol. The molecule has 1 fully saturated rings. The molecular weight excluding hydrogens is 424 g/mol. The van der Waals surface area contributed by atoms with Crippen molar-refractivity contribution < 1.29 is 4.79 Å². The third kappa shape index (κ3) is 3.53. The van der Waals surface area contributed by atoms with Gasteiger partial charge in [0.2, 0.25) is 0 Å². The average Bonchev–Trinajstić information content (AvgIpc) is 3.40. The third-order valence-electron chi connectivity index (χ3n) is 7.08. The van der Waals surface area contributed by atoms with Crippen molar-refractivity contribution in [2.24, 2.45) is 0 Å². The Hall–Kier alpha value is -3.71. The summed E-state index contributed by atoms with van der Waals surface area (Å²) in [6.45, 7) is 6.39. The number of aryl methyl sites for hydroxylation is 2. The molecule has 4 aromatic rings. The Labute approximate surface area is 198 Å². The highest BCUT2D eigenvalue weighted by Crippen LogP contribution is 2.37. The van der Waals surface area contributed by atoms with Crippen LogP contribution < -0.4 is 5.32 Å². The second kappa shape index (κ2) is 7.95. The van der Waals surface area contributed by atoms with Crippen molar-refractivity contribution in [1.29, 1.82) is 0 Å². The molecule has 0 aliphatic carbocycles. The van der Waals surface area contributed by atoms with E-state index in [-0.39, 0.29) is 18.0 Å². The summed E-state index contributed by atoms with van der Waals surface area (Å²) in [6, 6.07) is 18.9. The largest absolute Gasteiger partial charge is 0.322 e. The molecule has 4 heterocycles. The van der Waals surface area contributed by atoms with Gasteiger partial charge in [0.05, 0.1) is 11.6 Å². The van der Waals surface area contributed by atoms with Gasteiger partial charge in [-0.1, -0.05) is 30.3 Å². The van der Waals surface area contributed by atoms with E-state index in [2.05, 4.69) is 74.9 Å². The number of pyridine rings is 1. The second-order valence-corrected chi connectivity index (χ2v) is 9.63. The molecule has 0 spiro atoms. The lowest BCUT2D eigenvalue weighted by atomic mass is 9.92. The maximum Gasteiger partial charge on any atom is 0.322 e. The Balaban J connectivity index is 1.38. The Morgan fingerprint density at radius 2 is 1.76 bits per heavy atom. The minimum Gasteiger partial charge on any atom is -0.315 e. The van der Waals surface area contributed by atoms with E-state index in [1.807, 2.05) is 30.9 Å². The van der Waals surface area contributed by atoms with Gasteiger partial charge >= 0.3 is 6.03 Å². The highest BCUT2D eigenvalue weighted by molar-refractivity contribution is 6.00. The highest BCUT2D eigenvalue weighted by Gasteiger charge is 2.40. The number of fused-ring (bicyclic) bond motifs is 2. The lowest BCUT2D eigenvalue weighted by Gasteiger charge is -2.36. The molecular formula is C27H28N6O. The van der Waals surface area contributed by atoms with Gasteiger partial charge in [-0.05, 0) is 56.3 Å². The molecule has 1 saturated heterocycles. The first-order valence-electron chi connectivity index (χ1n) is 11.7. The molecule has 2 amide bonds. The van der Waals surface area contributed by atoms with Crippen LogP contribution in [0.15, 0.2) is 54.6 Å². The quantitative estimate of drug-likeness (QED) is 0.473. The lowest BCUT2D eigenvalue weighted by molar-refractivity contribution is 0.177. The van der Waals surface area contributed by atoms with Crippen molar-refractivity contribution in [2.45, 2.75) is 32.4 Å². The molecule has 2 aliphatic rings. The summed E-state index contributed by atoms with van der Waals surface area (Å²) in [5.74, 6) is 0.287. The molecule has 2 aromatic heterocycles. The predicted molar refractivity (Wildman–Crippen MR) is 134 cm³/mol. The molecule has 34 heavy (non-hydrogen) atoms. The van der Waals surface area contributed by atoms with Crippen molar-refractivity contribution >= 4 is 22.6 Å². The minimum atomic E-state index is -0.0341. The zero-order valence-electron chi connectivity index (χ0n) is 19.7. The van der Waals surface area contributed by atoms with Gasteiger partial charge in [-0.25, -0.2) is 4.79 Å². The van der Waals surface area contributed by atoms with E-state index in [0.29, 0.717) is 6.54 Å². The van der Waals surface area contributed by atoms with Crippen molar-refractivity contribution in [3.05, 3.63) is 77.1 Å². The number of anilines is 1. The first-order valence-corrected chi connectivity index (χ1v) is 11.7. The number of likely N-dealkylation sites (N-methyl/N-ethyl adjacent to an activating group) is 1. The molecule has 7 nitrogen and oxygen atoms in total. The molecule has 1 unspecified atom stereocenters. The summed E-state index contributed by atoms with van der Waals surface area (Å²) in [5.41, 5.74) is 8.07. The van der Waals surface area contributed by atoms with Crippen LogP contribution in [0, 0.1) is 13.8 Å². The Morgan fingerprint density at radius 3 is 2.53 bits per heavy atom. The number of urea groups is 1. The smallest absolute Gasteiger partial charge is 0.315 e. The van der Waals surface area contributed by atoms with Gasteiger partial charge in [0.1, 0.15) is 5.69 Å². The number of H-pyrrole nitrogens is 1. The van der Waals surface area contributed by atoms with E-state index in [1.165, 1.54) is 5.56 Å². The lowest BCUT2D eigenvalue weighted by Crippen LogP contribution is -2.48. The van der Waals surface area contributed by atoms with Gasteiger partial charge in [0.25, 0.3) is 0 Å². The topological polar surface area (TPSA) is 77.2 Å². The Kier molecular flexibility index (Phi) is 4.88. The van der Waals surface area contributed by atoms with Gasteiger partial charge in [-0.15, -0.1) is 0 Å². The van der Waals surface area contributed by atoms with E-state index in [0.717, 1.165) is 57.9 Å². The molecule has 2 N–H and O–H groups in total.